The second kappa shape index (κ2) is 11.2. The minimum absolute atomic E-state index is 0.111. The monoisotopic (exact) mass is 525 g/mol. The summed E-state index contributed by atoms with van der Waals surface area (Å²) < 4.78 is 43.5. The third kappa shape index (κ3) is 6.00. The van der Waals surface area contributed by atoms with Crippen molar-refractivity contribution in [2.24, 2.45) is 0 Å². The molecule has 0 aliphatic rings. The van der Waals surface area contributed by atoms with E-state index < -0.39 is 17.9 Å². The summed E-state index contributed by atoms with van der Waals surface area (Å²) in [5.74, 6) is -0.309. The Morgan fingerprint density at radius 1 is 1.32 bits per heavy atom. The van der Waals surface area contributed by atoms with Crippen molar-refractivity contribution >= 4 is 29.3 Å². The van der Waals surface area contributed by atoms with Crippen LogP contribution in [0.1, 0.15) is 48.2 Å². The van der Waals surface area contributed by atoms with Crippen LogP contribution in [0.25, 0.3) is 23.2 Å². The van der Waals surface area contributed by atoms with E-state index in [-0.39, 0.29) is 41.0 Å². The second-order valence-electron chi connectivity index (χ2n) is 8.50. The number of hydrogen-bond donors (Lipinski definition) is 2. The van der Waals surface area contributed by atoms with Crippen LogP contribution in [0.5, 0.6) is 0 Å². The molecule has 3 rings (SSSR count). The van der Waals surface area contributed by atoms with Gasteiger partial charge in [0.15, 0.2) is 17.3 Å². The number of nitriles is 1. The Balaban J connectivity index is 1.93. The van der Waals surface area contributed by atoms with Crippen molar-refractivity contribution in [2.45, 2.75) is 46.5 Å². The van der Waals surface area contributed by atoms with Crippen LogP contribution < -0.4 is 10.6 Å². The molecule has 2 heterocycles. The molecule has 38 heavy (non-hydrogen) atoms. The number of ketones is 1. The summed E-state index contributed by atoms with van der Waals surface area (Å²) in [6.45, 7) is 10.1. The van der Waals surface area contributed by atoms with Crippen molar-refractivity contribution in [2.75, 3.05) is 5.32 Å². The van der Waals surface area contributed by atoms with Crippen molar-refractivity contribution in [1.29, 1.82) is 5.26 Å². The van der Waals surface area contributed by atoms with Gasteiger partial charge in [-0.2, -0.15) is 23.5 Å². The molecule has 0 aliphatic heterocycles. The van der Waals surface area contributed by atoms with Crippen molar-refractivity contribution in [3.05, 3.63) is 65.9 Å². The molecule has 0 aliphatic carbocycles. The number of imidazole rings is 1. The van der Waals surface area contributed by atoms with Crippen LogP contribution in [0, 0.1) is 18.3 Å². The van der Waals surface area contributed by atoms with E-state index in [1.54, 1.807) is 57.3 Å². The molecular weight excluding hydrogens is 499 g/mol. The van der Waals surface area contributed by atoms with Gasteiger partial charge in [-0.3, -0.25) is 18.8 Å². The third-order valence-electron chi connectivity index (χ3n) is 5.63. The molecule has 12 heteroatoms. The minimum Gasteiger partial charge on any atom is -0.353 e. The first-order chi connectivity index (χ1) is 17.9. The fraction of sp³-hybridized carbons (Fsp3) is 0.269. The number of amides is 1. The number of allylic oxidation sites excluding steroid dienone is 1. The molecule has 0 saturated heterocycles. The van der Waals surface area contributed by atoms with Gasteiger partial charge in [0.25, 0.3) is 5.91 Å². The number of halogens is 3. The second-order valence-corrected chi connectivity index (χ2v) is 8.50. The highest BCUT2D eigenvalue weighted by molar-refractivity contribution is 5.99. The van der Waals surface area contributed by atoms with E-state index >= 15 is 0 Å². The molecule has 0 spiro atoms. The number of nitrogens with zero attached hydrogens (tertiary/aromatic N) is 5. The fourth-order valence-corrected chi connectivity index (χ4v) is 3.66. The predicted octanol–water partition coefficient (Wildman–Crippen LogP) is 4.88. The van der Waals surface area contributed by atoms with Gasteiger partial charge in [0.2, 0.25) is 0 Å². The van der Waals surface area contributed by atoms with Gasteiger partial charge in [0.1, 0.15) is 6.54 Å². The van der Waals surface area contributed by atoms with Gasteiger partial charge in [0.05, 0.1) is 35.3 Å². The van der Waals surface area contributed by atoms with Crippen LogP contribution in [0.4, 0.5) is 18.9 Å². The lowest BCUT2D eigenvalue weighted by atomic mass is 10.1. The third-order valence-corrected chi connectivity index (χ3v) is 5.63. The number of carbonyl (C=O) groups is 2. The van der Waals surface area contributed by atoms with Crippen molar-refractivity contribution in [3.8, 4) is 17.3 Å². The molecule has 0 bridgehead atoms. The number of hydrogen-bond acceptors (Lipinski definition) is 6. The van der Waals surface area contributed by atoms with Gasteiger partial charge in [-0.15, -0.1) is 0 Å². The highest BCUT2D eigenvalue weighted by Crippen LogP contribution is 2.37. The van der Waals surface area contributed by atoms with E-state index in [2.05, 4.69) is 27.3 Å². The average Bonchev–Trinajstić information content (AvgIpc) is 3.43. The molecule has 0 radical (unpaired) electrons. The number of aryl methyl sites for hydroxylation is 1. The molecule has 1 atom stereocenters. The maximum atomic E-state index is 13.7. The average molecular weight is 526 g/mol. The van der Waals surface area contributed by atoms with E-state index in [0.29, 0.717) is 16.8 Å². The maximum Gasteiger partial charge on any atom is 0.435 e. The zero-order chi connectivity index (χ0) is 28.2. The first kappa shape index (κ1) is 27.9. The molecule has 2 aromatic heterocycles. The lowest BCUT2D eigenvalue weighted by Crippen LogP contribution is -2.37. The molecule has 2 N–H and O–H groups in total. The predicted molar refractivity (Wildman–Crippen MR) is 137 cm³/mol. The minimum atomic E-state index is -4.75. The van der Waals surface area contributed by atoms with Crippen molar-refractivity contribution < 1.29 is 22.8 Å². The lowest BCUT2D eigenvalue weighted by molar-refractivity contribution is -0.141. The SMILES string of the molecule is C=C(Nc1ccc(C(=O)NC(C)C(C)=O)c(C)c1)c1ncc(-c2cn(CC#N)nc2C(F)(F)F)n1/C=C\C. The molecule has 0 saturated carbocycles. The summed E-state index contributed by atoms with van der Waals surface area (Å²) in [6.07, 6.45) is 0.864. The van der Waals surface area contributed by atoms with Gasteiger partial charge in [-0.25, -0.2) is 4.98 Å². The molecule has 9 nitrogen and oxygen atoms in total. The van der Waals surface area contributed by atoms with E-state index in [1.807, 2.05) is 0 Å². The van der Waals surface area contributed by atoms with E-state index in [4.69, 9.17) is 5.26 Å². The van der Waals surface area contributed by atoms with Gasteiger partial charge in [-0.1, -0.05) is 12.7 Å². The van der Waals surface area contributed by atoms with Gasteiger partial charge >= 0.3 is 6.18 Å². The van der Waals surface area contributed by atoms with Gasteiger partial charge in [0, 0.05) is 23.6 Å². The summed E-state index contributed by atoms with van der Waals surface area (Å²) in [5.41, 5.74) is 0.623. The standard InChI is InChI=1S/C26H26F3N7O2/c1-6-10-36-22(21-14-35(11-9-30)34-23(21)26(27,28)29)13-31-24(36)17(4)32-19-7-8-20(15(2)12-19)25(38)33-16(3)18(5)37/h6-8,10,12-14,16,32H,4,11H2,1-3,5H3,(H,33,38)/b10-6-. The Morgan fingerprint density at radius 2 is 2.03 bits per heavy atom. The number of carbonyl (C=O) groups excluding carboxylic acids is 2. The summed E-state index contributed by atoms with van der Waals surface area (Å²) in [7, 11) is 0. The number of rotatable bonds is 9. The number of Topliss-reactive ketones (excluding diaryl/α,β-unsaturated/α-hetero) is 1. The summed E-state index contributed by atoms with van der Waals surface area (Å²) in [5, 5.41) is 18.2. The zero-order valence-electron chi connectivity index (χ0n) is 21.2. The Hall–Kier alpha value is -4.66. The fourth-order valence-electron chi connectivity index (χ4n) is 3.66. The van der Waals surface area contributed by atoms with Crippen LogP contribution in [0.3, 0.4) is 0 Å². The van der Waals surface area contributed by atoms with E-state index in [9.17, 15) is 22.8 Å². The number of anilines is 1. The smallest absolute Gasteiger partial charge is 0.353 e. The highest BCUT2D eigenvalue weighted by Gasteiger charge is 2.38. The van der Waals surface area contributed by atoms with Crippen LogP contribution in [-0.4, -0.2) is 37.1 Å². The summed E-state index contributed by atoms with van der Waals surface area (Å²) >= 11 is 0. The van der Waals surface area contributed by atoms with Gasteiger partial charge < -0.3 is 10.6 Å². The number of nitrogens with one attached hydrogen (secondary N) is 2. The number of alkyl halides is 3. The van der Waals surface area contributed by atoms with E-state index in [1.165, 1.54) is 17.7 Å². The highest BCUT2D eigenvalue weighted by atomic mass is 19.4. The molecule has 1 amide bonds. The number of benzene rings is 1. The molecule has 3 aromatic rings. The lowest BCUT2D eigenvalue weighted by Gasteiger charge is -2.15. The first-order valence-electron chi connectivity index (χ1n) is 11.5. The van der Waals surface area contributed by atoms with Gasteiger partial charge in [-0.05, 0) is 51.5 Å². The van der Waals surface area contributed by atoms with Crippen molar-refractivity contribution in [1.82, 2.24) is 24.6 Å². The van der Waals surface area contributed by atoms with Crippen LogP contribution in [-0.2, 0) is 17.5 Å². The molecule has 1 unspecified atom stereocenters. The number of aromatic nitrogens is 4. The normalized spacial score (nSPS) is 12.3. The largest absolute Gasteiger partial charge is 0.435 e. The van der Waals surface area contributed by atoms with Crippen LogP contribution in [0.15, 0.2) is 43.2 Å². The molecule has 1 aromatic carbocycles. The topological polar surface area (TPSA) is 118 Å². The molecule has 0 fully saturated rings. The van der Waals surface area contributed by atoms with Crippen molar-refractivity contribution in [3.63, 3.8) is 0 Å². The first-order valence-corrected chi connectivity index (χ1v) is 11.5. The quantitative estimate of drug-likeness (QED) is 0.411. The van der Waals surface area contributed by atoms with Crippen LogP contribution in [0.2, 0.25) is 0 Å². The Morgan fingerprint density at radius 3 is 2.61 bits per heavy atom. The Kier molecular flexibility index (Phi) is 8.20. The zero-order valence-corrected chi connectivity index (χ0v) is 21.2. The Bertz CT molecular complexity index is 1460. The Labute approximate surface area is 217 Å². The molecule has 198 valence electrons. The summed E-state index contributed by atoms with van der Waals surface area (Å²) in [4.78, 5) is 28.2. The summed E-state index contributed by atoms with van der Waals surface area (Å²) in [6, 6.07) is 6.10. The molecular formula is C26H26F3N7O2. The van der Waals surface area contributed by atoms with E-state index in [0.717, 1.165) is 10.9 Å². The maximum absolute atomic E-state index is 13.7. The van der Waals surface area contributed by atoms with Crippen LogP contribution >= 0.6 is 0 Å².